The summed E-state index contributed by atoms with van der Waals surface area (Å²) in [5, 5.41) is 6.08. The average Bonchev–Trinajstić information content (AvgIpc) is 2.82. The molecule has 5 heteroatoms. The predicted molar refractivity (Wildman–Crippen MR) is 90.7 cm³/mol. The summed E-state index contributed by atoms with van der Waals surface area (Å²) in [5.74, 6) is 1.25. The van der Waals surface area contributed by atoms with Crippen LogP contribution in [0.3, 0.4) is 0 Å². The molecule has 0 aliphatic carbocycles. The van der Waals surface area contributed by atoms with Crippen molar-refractivity contribution >= 4 is 11.8 Å². The zero-order valence-electron chi connectivity index (χ0n) is 14.2. The minimum atomic E-state index is -0.218. The molecule has 0 saturated carbocycles. The molecule has 1 fully saturated rings. The summed E-state index contributed by atoms with van der Waals surface area (Å²) < 4.78 is 5.55. The van der Waals surface area contributed by atoms with Gasteiger partial charge in [0.2, 0.25) is 5.91 Å². The van der Waals surface area contributed by atoms with Crippen LogP contribution in [0.5, 0.6) is 0 Å². The van der Waals surface area contributed by atoms with Crippen LogP contribution in [0, 0.1) is 20.8 Å². The van der Waals surface area contributed by atoms with Crippen molar-refractivity contribution in [2.45, 2.75) is 45.7 Å². The largest absolute Gasteiger partial charge is 0.466 e. The maximum Gasteiger partial charge on any atom is 0.255 e. The van der Waals surface area contributed by atoms with Gasteiger partial charge in [0.1, 0.15) is 11.5 Å². The zero-order chi connectivity index (χ0) is 17.3. The van der Waals surface area contributed by atoms with Gasteiger partial charge >= 0.3 is 0 Å². The molecular weight excluding hydrogens is 304 g/mol. The van der Waals surface area contributed by atoms with E-state index in [1.54, 1.807) is 6.92 Å². The quantitative estimate of drug-likeness (QED) is 0.911. The third-order valence-electron chi connectivity index (χ3n) is 4.66. The van der Waals surface area contributed by atoms with Gasteiger partial charge in [-0.1, -0.05) is 30.3 Å². The monoisotopic (exact) mass is 326 g/mol. The third-order valence-corrected chi connectivity index (χ3v) is 4.66. The van der Waals surface area contributed by atoms with Crippen LogP contribution in [0.15, 0.2) is 34.7 Å². The van der Waals surface area contributed by atoms with Gasteiger partial charge in [-0.05, 0) is 32.8 Å². The smallest absolute Gasteiger partial charge is 0.255 e. The van der Waals surface area contributed by atoms with Crippen LogP contribution < -0.4 is 10.6 Å². The molecule has 1 aromatic heterocycles. The normalized spacial score (nSPS) is 20.5. The lowest BCUT2D eigenvalue weighted by Gasteiger charge is -2.33. The average molecular weight is 326 g/mol. The van der Waals surface area contributed by atoms with Crippen LogP contribution in [-0.4, -0.2) is 17.9 Å². The molecule has 1 aliphatic heterocycles. The van der Waals surface area contributed by atoms with Crippen LogP contribution in [0.25, 0.3) is 0 Å². The molecule has 0 spiro atoms. The highest BCUT2D eigenvalue weighted by Gasteiger charge is 2.32. The molecule has 1 saturated heterocycles. The molecule has 0 bridgehead atoms. The molecule has 1 aromatic carbocycles. The van der Waals surface area contributed by atoms with Gasteiger partial charge in [0.25, 0.3) is 5.91 Å². The van der Waals surface area contributed by atoms with Crippen molar-refractivity contribution < 1.29 is 14.0 Å². The molecule has 24 heavy (non-hydrogen) atoms. The van der Waals surface area contributed by atoms with Crippen molar-refractivity contribution in [1.82, 2.24) is 10.6 Å². The van der Waals surface area contributed by atoms with E-state index in [1.807, 2.05) is 44.2 Å². The Hall–Kier alpha value is -2.56. The Bertz CT molecular complexity index is 764. The lowest BCUT2D eigenvalue weighted by molar-refractivity contribution is -0.123. The summed E-state index contributed by atoms with van der Waals surface area (Å²) in [6.45, 7) is 5.54. The van der Waals surface area contributed by atoms with Crippen LogP contribution >= 0.6 is 0 Å². The van der Waals surface area contributed by atoms with E-state index in [9.17, 15) is 9.59 Å². The van der Waals surface area contributed by atoms with Crippen molar-refractivity contribution in [1.29, 1.82) is 0 Å². The second kappa shape index (κ2) is 6.51. The molecule has 3 rings (SSSR count). The first-order valence-corrected chi connectivity index (χ1v) is 8.19. The Morgan fingerprint density at radius 2 is 1.88 bits per heavy atom. The number of carbonyl (C=O) groups excluding carboxylic acids is 2. The first-order valence-electron chi connectivity index (χ1n) is 8.19. The van der Waals surface area contributed by atoms with Crippen LogP contribution in [0.4, 0.5) is 0 Å². The molecule has 2 amide bonds. The van der Waals surface area contributed by atoms with E-state index in [2.05, 4.69) is 10.6 Å². The van der Waals surface area contributed by atoms with Gasteiger partial charge in [0, 0.05) is 12.0 Å². The fraction of sp³-hybridized carbons (Fsp3) is 0.368. The van der Waals surface area contributed by atoms with E-state index in [0.29, 0.717) is 24.2 Å². The molecule has 2 aromatic rings. The second-order valence-corrected chi connectivity index (χ2v) is 6.29. The van der Waals surface area contributed by atoms with Crippen molar-refractivity contribution in [3.8, 4) is 0 Å². The SMILES string of the molecule is Cc1oc(C)c(C(=O)N[C@@H]2CCC(=O)N[C@H]2c2ccccc2)c1C. The van der Waals surface area contributed by atoms with E-state index in [0.717, 1.165) is 16.9 Å². The van der Waals surface area contributed by atoms with Crippen molar-refractivity contribution in [3.63, 3.8) is 0 Å². The predicted octanol–water partition coefficient (Wildman–Crippen LogP) is 2.95. The van der Waals surface area contributed by atoms with Crippen LogP contribution in [0.1, 0.15) is 51.9 Å². The first-order chi connectivity index (χ1) is 11.5. The van der Waals surface area contributed by atoms with Gasteiger partial charge in [0.15, 0.2) is 0 Å². The lowest BCUT2D eigenvalue weighted by atomic mass is 9.91. The van der Waals surface area contributed by atoms with Crippen molar-refractivity contribution in [2.75, 3.05) is 0 Å². The van der Waals surface area contributed by atoms with E-state index in [4.69, 9.17) is 4.42 Å². The minimum Gasteiger partial charge on any atom is -0.466 e. The van der Waals surface area contributed by atoms with E-state index < -0.39 is 0 Å². The summed E-state index contributed by atoms with van der Waals surface area (Å²) in [6, 6.07) is 9.37. The van der Waals surface area contributed by atoms with Gasteiger partial charge in [-0.2, -0.15) is 0 Å². The fourth-order valence-electron chi connectivity index (χ4n) is 3.30. The summed E-state index contributed by atoms with van der Waals surface area (Å²) in [4.78, 5) is 24.6. The molecule has 5 nitrogen and oxygen atoms in total. The number of hydrogen-bond donors (Lipinski definition) is 2. The zero-order valence-corrected chi connectivity index (χ0v) is 14.2. The highest BCUT2D eigenvalue weighted by atomic mass is 16.3. The third kappa shape index (κ3) is 3.07. The number of furan rings is 1. The van der Waals surface area contributed by atoms with Crippen LogP contribution in [-0.2, 0) is 4.79 Å². The Labute approximate surface area is 141 Å². The summed E-state index contributed by atoms with van der Waals surface area (Å²) >= 11 is 0. The van der Waals surface area contributed by atoms with E-state index in [1.165, 1.54) is 0 Å². The first kappa shape index (κ1) is 16.3. The number of rotatable bonds is 3. The van der Waals surface area contributed by atoms with Gasteiger partial charge < -0.3 is 15.1 Å². The summed E-state index contributed by atoms with van der Waals surface area (Å²) in [6.07, 6.45) is 1.03. The van der Waals surface area contributed by atoms with Gasteiger partial charge in [-0.3, -0.25) is 9.59 Å². The van der Waals surface area contributed by atoms with Crippen molar-refractivity contribution in [2.24, 2.45) is 0 Å². The van der Waals surface area contributed by atoms with Gasteiger partial charge in [-0.15, -0.1) is 0 Å². The second-order valence-electron chi connectivity index (χ2n) is 6.29. The fourth-order valence-corrected chi connectivity index (χ4v) is 3.30. The Balaban J connectivity index is 1.84. The highest BCUT2D eigenvalue weighted by molar-refractivity contribution is 5.97. The summed E-state index contributed by atoms with van der Waals surface area (Å²) in [5.41, 5.74) is 2.45. The Morgan fingerprint density at radius 3 is 2.50 bits per heavy atom. The summed E-state index contributed by atoms with van der Waals surface area (Å²) in [7, 11) is 0. The number of amides is 2. The molecule has 1 aliphatic rings. The van der Waals surface area contributed by atoms with E-state index >= 15 is 0 Å². The number of carbonyl (C=O) groups is 2. The topological polar surface area (TPSA) is 71.3 Å². The molecule has 2 N–H and O–H groups in total. The number of benzene rings is 1. The number of hydrogen-bond acceptors (Lipinski definition) is 3. The molecule has 0 radical (unpaired) electrons. The minimum absolute atomic E-state index is 0.0147. The van der Waals surface area contributed by atoms with Crippen molar-refractivity contribution in [3.05, 3.63) is 58.5 Å². The van der Waals surface area contributed by atoms with Crippen LogP contribution in [0.2, 0.25) is 0 Å². The molecule has 2 heterocycles. The Morgan fingerprint density at radius 1 is 1.17 bits per heavy atom. The molecule has 2 atom stereocenters. The molecule has 126 valence electrons. The number of piperidine rings is 1. The highest BCUT2D eigenvalue weighted by Crippen LogP contribution is 2.26. The lowest BCUT2D eigenvalue weighted by Crippen LogP contribution is -2.50. The van der Waals surface area contributed by atoms with Gasteiger partial charge in [-0.25, -0.2) is 0 Å². The van der Waals surface area contributed by atoms with Gasteiger partial charge in [0.05, 0.1) is 17.6 Å². The molecule has 0 unspecified atom stereocenters. The maximum absolute atomic E-state index is 12.7. The standard InChI is InChI=1S/C19H22N2O3/c1-11-12(2)24-13(3)17(11)19(23)20-15-9-10-16(22)21-18(15)14-7-5-4-6-8-14/h4-8,15,18H,9-10H2,1-3H3,(H,20,23)(H,21,22)/t15-,18+/m1/s1. The Kier molecular flexibility index (Phi) is 4.42. The molecular formula is C19H22N2O3. The number of nitrogens with one attached hydrogen (secondary N) is 2. The maximum atomic E-state index is 12.7. The van der Waals surface area contributed by atoms with E-state index in [-0.39, 0.29) is 23.9 Å². The number of aryl methyl sites for hydroxylation is 2.